The van der Waals surface area contributed by atoms with E-state index in [0.29, 0.717) is 6.61 Å². The minimum Gasteiger partial charge on any atom is -0.396 e. The zero-order chi connectivity index (χ0) is 11.9. The third kappa shape index (κ3) is 3.28. The summed E-state index contributed by atoms with van der Waals surface area (Å²) in [6, 6.07) is 4.04. The Morgan fingerprint density at radius 2 is 2.24 bits per heavy atom. The Bertz CT molecular complexity index is 453. The van der Waals surface area contributed by atoms with E-state index in [-0.39, 0.29) is 0 Å². The van der Waals surface area contributed by atoms with Gasteiger partial charge in [-0.15, -0.1) is 0 Å². The molecular formula is C13H19N3O. The summed E-state index contributed by atoms with van der Waals surface area (Å²) in [4.78, 5) is 7.42. The van der Waals surface area contributed by atoms with Gasteiger partial charge in [-0.05, 0) is 43.5 Å². The first-order valence-corrected chi connectivity index (χ1v) is 6.14. The molecule has 2 aromatic heterocycles. The molecule has 0 aromatic carbocycles. The molecule has 0 aliphatic rings. The van der Waals surface area contributed by atoms with Crippen LogP contribution in [0.2, 0.25) is 0 Å². The van der Waals surface area contributed by atoms with Gasteiger partial charge in [0.15, 0.2) is 0 Å². The van der Waals surface area contributed by atoms with Crippen LogP contribution >= 0.6 is 0 Å². The van der Waals surface area contributed by atoms with Crippen LogP contribution in [0.15, 0.2) is 24.5 Å². The summed E-state index contributed by atoms with van der Waals surface area (Å²) < 4.78 is 0. The molecular weight excluding hydrogens is 214 g/mol. The summed E-state index contributed by atoms with van der Waals surface area (Å²) in [6.07, 6.45) is 6.90. The van der Waals surface area contributed by atoms with Crippen molar-refractivity contribution in [2.45, 2.75) is 25.8 Å². The molecule has 2 aromatic rings. The molecule has 0 unspecified atom stereocenters. The molecule has 3 N–H and O–H groups in total. The smallest absolute Gasteiger partial charge is 0.137 e. The van der Waals surface area contributed by atoms with Gasteiger partial charge >= 0.3 is 0 Å². The molecule has 4 nitrogen and oxygen atoms in total. The van der Waals surface area contributed by atoms with Gasteiger partial charge < -0.3 is 15.4 Å². The Balaban J connectivity index is 1.79. The average Bonchev–Trinajstić information content (AvgIpc) is 2.77. The van der Waals surface area contributed by atoms with Crippen LogP contribution in [0.5, 0.6) is 0 Å². The molecule has 0 bridgehead atoms. The van der Waals surface area contributed by atoms with Crippen LogP contribution in [0.1, 0.15) is 24.8 Å². The largest absolute Gasteiger partial charge is 0.396 e. The third-order valence-corrected chi connectivity index (χ3v) is 2.86. The fourth-order valence-corrected chi connectivity index (χ4v) is 1.92. The number of hydrogen-bond donors (Lipinski definition) is 3. The van der Waals surface area contributed by atoms with Crippen molar-refractivity contribution in [3.63, 3.8) is 0 Å². The highest BCUT2D eigenvalue weighted by Gasteiger charge is 2.02. The van der Waals surface area contributed by atoms with Crippen LogP contribution in [0.25, 0.3) is 11.0 Å². The van der Waals surface area contributed by atoms with Crippen molar-refractivity contribution in [2.24, 2.45) is 0 Å². The van der Waals surface area contributed by atoms with Crippen LogP contribution in [0.3, 0.4) is 0 Å². The van der Waals surface area contributed by atoms with E-state index >= 15 is 0 Å². The number of nitrogens with one attached hydrogen (secondary N) is 2. The normalized spacial score (nSPS) is 11.1. The lowest BCUT2D eigenvalue weighted by molar-refractivity contribution is 0.283. The van der Waals surface area contributed by atoms with Crippen molar-refractivity contribution in [1.29, 1.82) is 0 Å². The summed E-state index contributed by atoms with van der Waals surface area (Å²) in [5.74, 6) is 0. The van der Waals surface area contributed by atoms with Crippen LogP contribution in [0.4, 0.5) is 0 Å². The van der Waals surface area contributed by atoms with Crippen LogP contribution in [-0.2, 0) is 6.54 Å². The summed E-state index contributed by atoms with van der Waals surface area (Å²) >= 11 is 0. The quantitative estimate of drug-likeness (QED) is 0.639. The molecule has 2 rings (SSSR count). The predicted molar refractivity (Wildman–Crippen MR) is 68.7 cm³/mol. The van der Waals surface area contributed by atoms with E-state index in [9.17, 15) is 0 Å². The first kappa shape index (κ1) is 12.1. The van der Waals surface area contributed by atoms with E-state index in [1.165, 1.54) is 10.9 Å². The minimum atomic E-state index is 0.300. The molecule has 4 heteroatoms. The Kier molecular flexibility index (Phi) is 4.53. The maximum absolute atomic E-state index is 8.66. The fourth-order valence-electron chi connectivity index (χ4n) is 1.92. The molecule has 0 aliphatic heterocycles. The van der Waals surface area contributed by atoms with Gasteiger partial charge in [0.05, 0.1) is 0 Å². The number of fused-ring (bicyclic) bond motifs is 1. The van der Waals surface area contributed by atoms with Gasteiger partial charge in [-0.25, -0.2) is 4.98 Å². The second-order valence-electron chi connectivity index (χ2n) is 4.17. The second kappa shape index (κ2) is 6.37. The summed E-state index contributed by atoms with van der Waals surface area (Å²) in [5.41, 5.74) is 2.21. The van der Waals surface area contributed by atoms with Gasteiger partial charge in [-0.1, -0.05) is 0 Å². The highest BCUT2D eigenvalue weighted by Crippen LogP contribution is 2.14. The maximum atomic E-state index is 8.66. The van der Waals surface area contributed by atoms with Crippen molar-refractivity contribution in [2.75, 3.05) is 13.2 Å². The van der Waals surface area contributed by atoms with E-state index < -0.39 is 0 Å². The van der Waals surface area contributed by atoms with Crippen LogP contribution < -0.4 is 5.32 Å². The lowest BCUT2D eigenvalue weighted by atomic mass is 10.2. The third-order valence-electron chi connectivity index (χ3n) is 2.86. The molecule has 0 saturated heterocycles. The van der Waals surface area contributed by atoms with E-state index in [4.69, 9.17) is 5.11 Å². The van der Waals surface area contributed by atoms with Crippen molar-refractivity contribution in [3.8, 4) is 0 Å². The van der Waals surface area contributed by atoms with E-state index in [0.717, 1.165) is 38.0 Å². The van der Waals surface area contributed by atoms with Crippen LogP contribution in [0, 0.1) is 0 Å². The monoisotopic (exact) mass is 233 g/mol. The van der Waals surface area contributed by atoms with Crippen LogP contribution in [-0.4, -0.2) is 28.2 Å². The number of aromatic nitrogens is 2. The van der Waals surface area contributed by atoms with Gasteiger partial charge in [0.25, 0.3) is 0 Å². The first-order valence-electron chi connectivity index (χ1n) is 6.14. The lowest BCUT2D eigenvalue weighted by Gasteiger charge is -2.03. The number of hydrogen-bond acceptors (Lipinski definition) is 3. The van der Waals surface area contributed by atoms with E-state index in [1.807, 2.05) is 12.3 Å². The Morgan fingerprint density at radius 3 is 3.12 bits per heavy atom. The van der Waals surface area contributed by atoms with Crippen molar-refractivity contribution in [3.05, 3.63) is 30.1 Å². The van der Waals surface area contributed by atoms with E-state index in [1.54, 1.807) is 6.20 Å². The zero-order valence-corrected chi connectivity index (χ0v) is 9.95. The fraction of sp³-hybridized carbons (Fsp3) is 0.462. The summed E-state index contributed by atoms with van der Waals surface area (Å²) in [5, 5.41) is 13.3. The van der Waals surface area contributed by atoms with Gasteiger partial charge in [-0.2, -0.15) is 0 Å². The van der Waals surface area contributed by atoms with Gasteiger partial charge in [0, 0.05) is 30.9 Å². The number of aliphatic hydroxyl groups is 1. The molecule has 2 heterocycles. The van der Waals surface area contributed by atoms with Crippen molar-refractivity contribution >= 4 is 11.0 Å². The lowest BCUT2D eigenvalue weighted by Crippen LogP contribution is -2.14. The van der Waals surface area contributed by atoms with Gasteiger partial charge in [-0.3, -0.25) is 0 Å². The average molecular weight is 233 g/mol. The molecule has 0 radical (unpaired) electrons. The Morgan fingerprint density at radius 1 is 1.29 bits per heavy atom. The maximum Gasteiger partial charge on any atom is 0.137 e. The molecule has 0 spiro atoms. The highest BCUT2D eigenvalue weighted by atomic mass is 16.2. The minimum absolute atomic E-state index is 0.300. The van der Waals surface area contributed by atoms with Crippen molar-refractivity contribution in [1.82, 2.24) is 15.3 Å². The highest BCUT2D eigenvalue weighted by molar-refractivity contribution is 5.79. The van der Waals surface area contributed by atoms with Gasteiger partial charge in [0.1, 0.15) is 5.65 Å². The molecule has 0 saturated carbocycles. The summed E-state index contributed by atoms with van der Waals surface area (Å²) in [7, 11) is 0. The molecule has 17 heavy (non-hydrogen) atoms. The van der Waals surface area contributed by atoms with Crippen molar-refractivity contribution < 1.29 is 5.11 Å². The first-order chi connectivity index (χ1) is 8.42. The zero-order valence-electron chi connectivity index (χ0n) is 9.95. The number of unbranched alkanes of at least 4 members (excludes halogenated alkanes) is 2. The predicted octanol–water partition coefficient (Wildman–Crippen LogP) is 1.82. The standard InChI is InChI=1S/C13H19N3O/c17-8-3-1-2-6-14-9-11-10-16-13-12(11)5-4-7-15-13/h4-5,7,10,14,17H,1-3,6,8-9H2,(H,15,16). The number of rotatable bonds is 7. The number of aromatic amines is 1. The Hall–Kier alpha value is -1.39. The van der Waals surface area contributed by atoms with E-state index in [2.05, 4.69) is 21.4 Å². The number of aliphatic hydroxyl groups excluding tert-OH is 1. The molecule has 0 amide bonds. The topological polar surface area (TPSA) is 60.9 Å². The molecule has 0 aliphatic carbocycles. The molecule has 0 fully saturated rings. The molecule has 0 atom stereocenters. The Labute approximate surface area is 101 Å². The number of nitrogens with zero attached hydrogens (tertiary/aromatic N) is 1. The number of H-pyrrole nitrogens is 1. The molecule has 92 valence electrons. The SMILES string of the molecule is OCCCCCNCc1c[nH]c2ncccc12. The van der Waals surface area contributed by atoms with Gasteiger partial charge in [0.2, 0.25) is 0 Å². The number of pyridine rings is 1. The summed E-state index contributed by atoms with van der Waals surface area (Å²) in [6.45, 7) is 2.16. The second-order valence-corrected chi connectivity index (χ2v) is 4.17.